The Labute approximate surface area is 81.5 Å². The number of aliphatic hydroxyl groups is 1. The van der Waals surface area contributed by atoms with E-state index in [-0.39, 0.29) is 12.6 Å². The molecule has 0 fully saturated rings. The van der Waals surface area contributed by atoms with Crippen LogP contribution in [0.2, 0.25) is 0 Å². The van der Waals surface area contributed by atoms with Crippen LogP contribution >= 0.6 is 0 Å². The second-order valence-electron chi connectivity index (χ2n) is 3.36. The summed E-state index contributed by atoms with van der Waals surface area (Å²) in [6.45, 7) is -0.0672. The van der Waals surface area contributed by atoms with Crippen LogP contribution in [0.4, 0.5) is 5.69 Å². The minimum absolute atomic E-state index is 0.0672. The first-order chi connectivity index (χ1) is 6.70. The molecule has 1 aromatic carbocycles. The summed E-state index contributed by atoms with van der Waals surface area (Å²) in [6.07, 6.45) is 0. The Bertz CT molecular complexity index is 450. The summed E-state index contributed by atoms with van der Waals surface area (Å²) in [4.78, 5) is 3.13. The third kappa shape index (κ3) is 1.45. The number of anilines is 1. The number of aliphatic hydroxyl groups excluding tert-OH is 1. The average Bonchev–Trinajstić information content (AvgIpc) is 2.59. The predicted octanol–water partition coefficient (Wildman–Crippen LogP) is 0.742. The van der Waals surface area contributed by atoms with Gasteiger partial charge in [0.2, 0.25) is 0 Å². The maximum atomic E-state index is 8.90. The molecule has 1 unspecified atom stereocenters. The van der Waals surface area contributed by atoms with Gasteiger partial charge in [0.15, 0.2) is 0 Å². The molecule has 1 heterocycles. The molecule has 0 aliphatic carbocycles. The molecule has 2 rings (SSSR count). The molecule has 0 aliphatic heterocycles. The van der Waals surface area contributed by atoms with E-state index in [9.17, 15) is 0 Å². The van der Waals surface area contributed by atoms with E-state index in [1.807, 2.05) is 24.3 Å². The van der Waals surface area contributed by atoms with Crippen molar-refractivity contribution in [3.8, 4) is 0 Å². The third-order valence-corrected chi connectivity index (χ3v) is 2.26. The Morgan fingerprint density at radius 3 is 2.86 bits per heavy atom. The van der Waals surface area contributed by atoms with Crippen molar-refractivity contribution in [2.75, 3.05) is 12.3 Å². The molecule has 0 radical (unpaired) electrons. The molecule has 2 aromatic rings. The van der Waals surface area contributed by atoms with E-state index in [0.717, 1.165) is 22.3 Å². The summed E-state index contributed by atoms with van der Waals surface area (Å²) in [6, 6.07) is 7.15. The summed E-state index contributed by atoms with van der Waals surface area (Å²) < 4.78 is 0. The summed E-state index contributed by atoms with van der Waals surface area (Å²) in [5.41, 5.74) is 13.9. The average molecular weight is 191 g/mol. The fraction of sp³-hybridized carbons (Fsp3) is 0.200. The molecule has 0 aliphatic rings. The molecule has 0 bridgehead atoms. The van der Waals surface area contributed by atoms with Gasteiger partial charge in [-0.3, -0.25) is 0 Å². The quantitative estimate of drug-likeness (QED) is 0.528. The number of aromatic nitrogens is 1. The van der Waals surface area contributed by atoms with Gasteiger partial charge in [0, 0.05) is 22.3 Å². The van der Waals surface area contributed by atoms with Gasteiger partial charge < -0.3 is 21.6 Å². The number of hydrogen-bond donors (Lipinski definition) is 4. The lowest BCUT2D eigenvalue weighted by Crippen LogP contribution is -2.14. The lowest BCUT2D eigenvalue weighted by Gasteiger charge is -2.03. The van der Waals surface area contributed by atoms with Gasteiger partial charge in [0.1, 0.15) is 0 Å². The van der Waals surface area contributed by atoms with Crippen LogP contribution in [0.5, 0.6) is 0 Å². The van der Waals surface area contributed by atoms with E-state index in [2.05, 4.69) is 4.98 Å². The first-order valence-corrected chi connectivity index (χ1v) is 4.45. The number of nitrogens with one attached hydrogen (secondary N) is 1. The highest BCUT2D eigenvalue weighted by Gasteiger charge is 2.07. The van der Waals surface area contributed by atoms with E-state index in [0.29, 0.717) is 0 Å². The van der Waals surface area contributed by atoms with E-state index < -0.39 is 0 Å². The van der Waals surface area contributed by atoms with Crippen LogP contribution in [0.1, 0.15) is 11.7 Å². The van der Waals surface area contributed by atoms with Crippen LogP contribution in [0, 0.1) is 0 Å². The number of fused-ring (bicyclic) bond motifs is 1. The maximum Gasteiger partial charge on any atom is 0.0683 e. The highest BCUT2D eigenvalue weighted by molar-refractivity contribution is 5.83. The minimum Gasteiger partial charge on any atom is -0.399 e. The summed E-state index contributed by atoms with van der Waals surface area (Å²) >= 11 is 0. The molecule has 0 amide bonds. The zero-order chi connectivity index (χ0) is 10.1. The summed E-state index contributed by atoms with van der Waals surface area (Å²) in [7, 11) is 0. The fourth-order valence-electron chi connectivity index (χ4n) is 1.47. The third-order valence-electron chi connectivity index (χ3n) is 2.26. The van der Waals surface area contributed by atoms with Crippen molar-refractivity contribution in [2.45, 2.75) is 6.04 Å². The maximum absolute atomic E-state index is 8.90. The molecule has 1 atom stereocenters. The Hall–Kier alpha value is -1.52. The van der Waals surface area contributed by atoms with E-state index in [4.69, 9.17) is 16.6 Å². The van der Waals surface area contributed by atoms with E-state index >= 15 is 0 Å². The second kappa shape index (κ2) is 3.32. The topological polar surface area (TPSA) is 88.1 Å². The number of hydrogen-bond acceptors (Lipinski definition) is 3. The van der Waals surface area contributed by atoms with Crippen LogP contribution in [-0.2, 0) is 0 Å². The van der Waals surface area contributed by atoms with Crippen molar-refractivity contribution in [3.63, 3.8) is 0 Å². The Morgan fingerprint density at radius 2 is 2.14 bits per heavy atom. The van der Waals surface area contributed by atoms with Crippen LogP contribution in [0.3, 0.4) is 0 Å². The normalized spacial score (nSPS) is 13.3. The molecule has 0 saturated heterocycles. The van der Waals surface area contributed by atoms with Crippen LogP contribution in [0.15, 0.2) is 24.3 Å². The zero-order valence-electron chi connectivity index (χ0n) is 7.70. The summed E-state index contributed by atoms with van der Waals surface area (Å²) in [5.74, 6) is 0. The molecule has 4 nitrogen and oxygen atoms in total. The molecule has 1 aromatic heterocycles. The van der Waals surface area contributed by atoms with Crippen molar-refractivity contribution in [1.29, 1.82) is 0 Å². The zero-order valence-corrected chi connectivity index (χ0v) is 7.70. The second-order valence-corrected chi connectivity index (χ2v) is 3.36. The van der Waals surface area contributed by atoms with Gasteiger partial charge >= 0.3 is 0 Å². The van der Waals surface area contributed by atoms with Crippen molar-refractivity contribution in [1.82, 2.24) is 4.98 Å². The molecule has 0 spiro atoms. The predicted molar refractivity (Wildman–Crippen MR) is 56.7 cm³/mol. The number of H-pyrrole nitrogens is 1. The molecule has 4 heteroatoms. The molecular weight excluding hydrogens is 178 g/mol. The van der Waals surface area contributed by atoms with Gasteiger partial charge in [-0.05, 0) is 24.3 Å². The number of benzene rings is 1. The van der Waals surface area contributed by atoms with Crippen LogP contribution in [0.25, 0.3) is 10.9 Å². The highest BCUT2D eigenvalue weighted by atomic mass is 16.3. The van der Waals surface area contributed by atoms with Gasteiger partial charge in [0.05, 0.1) is 12.6 Å². The van der Waals surface area contributed by atoms with Gasteiger partial charge in [-0.15, -0.1) is 0 Å². The minimum atomic E-state index is -0.358. The first kappa shape index (κ1) is 9.05. The molecule has 6 N–H and O–H groups in total. The van der Waals surface area contributed by atoms with Gasteiger partial charge in [-0.25, -0.2) is 0 Å². The Morgan fingerprint density at radius 1 is 1.36 bits per heavy atom. The molecule has 74 valence electrons. The number of nitrogens with two attached hydrogens (primary N) is 2. The van der Waals surface area contributed by atoms with Gasteiger partial charge in [0.25, 0.3) is 0 Å². The lowest BCUT2D eigenvalue weighted by atomic mass is 10.2. The molecule has 0 saturated carbocycles. The standard InChI is InChI=1S/C10H13N3O/c11-7-1-2-9-6(3-7)4-10(13-9)8(12)5-14/h1-4,8,13-14H,5,11-12H2. The van der Waals surface area contributed by atoms with Crippen molar-refractivity contribution in [3.05, 3.63) is 30.0 Å². The smallest absolute Gasteiger partial charge is 0.0683 e. The Kier molecular flexibility index (Phi) is 2.15. The largest absolute Gasteiger partial charge is 0.399 e. The van der Waals surface area contributed by atoms with Crippen molar-refractivity contribution in [2.24, 2.45) is 5.73 Å². The Balaban J connectivity index is 2.51. The van der Waals surface area contributed by atoms with Gasteiger partial charge in [-0.2, -0.15) is 0 Å². The summed E-state index contributed by atoms with van der Waals surface area (Å²) in [5, 5.41) is 9.92. The molecule has 14 heavy (non-hydrogen) atoms. The number of aromatic amines is 1. The number of rotatable bonds is 2. The first-order valence-electron chi connectivity index (χ1n) is 4.45. The SMILES string of the molecule is Nc1ccc2[nH]c(C(N)CO)cc2c1. The van der Waals surface area contributed by atoms with Gasteiger partial charge in [-0.1, -0.05) is 0 Å². The van der Waals surface area contributed by atoms with Crippen molar-refractivity contribution >= 4 is 16.6 Å². The monoisotopic (exact) mass is 191 g/mol. The highest BCUT2D eigenvalue weighted by Crippen LogP contribution is 2.20. The van der Waals surface area contributed by atoms with Crippen LogP contribution < -0.4 is 11.5 Å². The van der Waals surface area contributed by atoms with Crippen molar-refractivity contribution < 1.29 is 5.11 Å². The van der Waals surface area contributed by atoms with Crippen LogP contribution in [-0.4, -0.2) is 16.7 Å². The van der Waals surface area contributed by atoms with E-state index in [1.165, 1.54) is 0 Å². The number of nitrogen functional groups attached to an aromatic ring is 1. The van der Waals surface area contributed by atoms with E-state index in [1.54, 1.807) is 0 Å². The fourth-order valence-corrected chi connectivity index (χ4v) is 1.47. The lowest BCUT2D eigenvalue weighted by molar-refractivity contribution is 0.266. The molecular formula is C10H13N3O.